The third-order valence-corrected chi connectivity index (χ3v) is 4.97. The monoisotopic (exact) mass is 444 g/mol. The average molecular weight is 444 g/mol. The van der Waals surface area contributed by atoms with E-state index in [9.17, 15) is 4.79 Å². The van der Waals surface area contributed by atoms with Gasteiger partial charge in [0.15, 0.2) is 5.69 Å². The van der Waals surface area contributed by atoms with Gasteiger partial charge in [0, 0.05) is 5.56 Å². The minimum atomic E-state index is -0.531. The number of hydrogen-bond acceptors (Lipinski definition) is 8. The number of nitrogens with zero attached hydrogens (tertiary/aromatic N) is 6. The molecule has 10 nitrogen and oxygen atoms in total. The number of hydrogen-bond donors (Lipinski definition) is 2. The van der Waals surface area contributed by atoms with Crippen molar-refractivity contribution < 1.29 is 9.42 Å². The van der Waals surface area contributed by atoms with E-state index in [-0.39, 0.29) is 17.3 Å². The van der Waals surface area contributed by atoms with Crippen molar-refractivity contribution in [2.75, 3.05) is 5.73 Å². The van der Waals surface area contributed by atoms with Gasteiger partial charge in [0.25, 0.3) is 5.91 Å². The fourth-order valence-electron chi connectivity index (χ4n) is 3.37. The van der Waals surface area contributed by atoms with Gasteiger partial charge in [-0.1, -0.05) is 73.7 Å². The molecule has 0 aliphatic carbocycles. The van der Waals surface area contributed by atoms with Gasteiger partial charge in [0.1, 0.15) is 5.69 Å². The topological polar surface area (TPSA) is 137 Å². The number of carbonyl (C=O) groups is 1. The number of benzene rings is 2. The van der Waals surface area contributed by atoms with E-state index < -0.39 is 5.91 Å². The molecule has 33 heavy (non-hydrogen) atoms. The lowest BCUT2D eigenvalue weighted by Crippen LogP contribution is -2.23. The lowest BCUT2D eigenvalue weighted by Gasteiger charge is -2.08. The number of amides is 1. The van der Waals surface area contributed by atoms with Crippen LogP contribution in [0.15, 0.2) is 64.3 Å². The Balaban J connectivity index is 1.63. The number of nitrogens with one attached hydrogen (secondary N) is 1. The van der Waals surface area contributed by atoms with Crippen LogP contribution in [0.3, 0.4) is 0 Å². The molecule has 0 saturated heterocycles. The predicted octanol–water partition coefficient (Wildman–Crippen LogP) is 3.25. The SMILES string of the molecule is CC(=NNC(=O)c1c(-c2ccccc2)nnn1-c1nonc1N)c1ccc(CC(C)C)cc1. The fourth-order valence-corrected chi connectivity index (χ4v) is 3.37. The van der Waals surface area contributed by atoms with E-state index in [1.807, 2.05) is 49.4 Å². The molecule has 0 aliphatic rings. The number of rotatable bonds is 7. The Morgan fingerprint density at radius 2 is 1.85 bits per heavy atom. The molecule has 3 N–H and O–H groups in total. The predicted molar refractivity (Wildman–Crippen MR) is 124 cm³/mol. The molecule has 0 radical (unpaired) electrons. The zero-order valence-electron chi connectivity index (χ0n) is 18.6. The first-order valence-corrected chi connectivity index (χ1v) is 10.5. The summed E-state index contributed by atoms with van der Waals surface area (Å²) in [5, 5.41) is 19.8. The van der Waals surface area contributed by atoms with Gasteiger partial charge in [-0.05, 0) is 40.7 Å². The van der Waals surface area contributed by atoms with Crippen molar-refractivity contribution in [3.63, 3.8) is 0 Å². The van der Waals surface area contributed by atoms with Gasteiger partial charge in [-0.2, -0.15) is 9.78 Å². The van der Waals surface area contributed by atoms with Gasteiger partial charge in [-0.3, -0.25) is 4.79 Å². The van der Waals surface area contributed by atoms with Crippen LogP contribution in [0.25, 0.3) is 17.1 Å². The molecular formula is C23H24N8O2. The number of anilines is 1. The van der Waals surface area contributed by atoms with Crippen molar-refractivity contribution in [2.45, 2.75) is 27.2 Å². The molecule has 168 valence electrons. The van der Waals surface area contributed by atoms with Crippen molar-refractivity contribution in [3.8, 4) is 17.1 Å². The molecule has 2 aromatic carbocycles. The zero-order valence-corrected chi connectivity index (χ0v) is 18.6. The minimum absolute atomic E-state index is 0.0188. The van der Waals surface area contributed by atoms with Gasteiger partial charge in [0.2, 0.25) is 11.6 Å². The second-order valence-electron chi connectivity index (χ2n) is 7.97. The van der Waals surface area contributed by atoms with E-state index in [1.54, 1.807) is 0 Å². The maximum atomic E-state index is 13.2. The lowest BCUT2D eigenvalue weighted by molar-refractivity contribution is 0.0947. The summed E-state index contributed by atoms with van der Waals surface area (Å²) in [6, 6.07) is 17.3. The molecule has 0 atom stereocenters. The molecule has 0 aliphatic heterocycles. The zero-order chi connectivity index (χ0) is 23.4. The Kier molecular flexibility index (Phi) is 6.25. The van der Waals surface area contributed by atoms with Gasteiger partial charge in [0.05, 0.1) is 5.71 Å². The number of aromatic nitrogens is 5. The average Bonchev–Trinajstić information content (AvgIpc) is 3.44. The highest BCUT2D eigenvalue weighted by Crippen LogP contribution is 2.24. The second-order valence-corrected chi connectivity index (χ2v) is 7.97. The molecule has 4 rings (SSSR count). The first-order chi connectivity index (χ1) is 15.9. The molecule has 0 bridgehead atoms. The van der Waals surface area contributed by atoms with Crippen LogP contribution in [0.2, 0.25) is 0 Å². The number of nitrogens with two attached hydrogens (primary N) is 1. The summed E-state index contributed by atoms with van der Waals surface area (Å²) in [5.41, 5.74) is 12.4. The number of nitrogen functional groups attached to an aromatic ring is 1. The highest BCUT2D eigenvalue weighted by molar-refractivity contribution is 6.02. The van der Waals surface area contributed by atoms with E-state index in [4.69, 9.17) is 5.73 Å². The van der Waals surface area contributed by atoms with Crippen LogP contribution in [0.4, 0.5) is 5.82 Å². The quantitative estimate of drug-likeness (QED) is 0.330. The summed E-state index contributed by atoms with van der Waals surface area (Å²) in [5.74, 6) is 0.0964. The van der Waals surface area contributed by atoms with Crippen molar-refractivity contribution in [1.82, 2.24) is 30.7 Å². The van der Waals surface area contributed by atoms with Crippen molar-refractivity contribution in [1.29, 1.82) is 0 Å². The molecule has 2 aromatic heterocycles. The largest absolute Gasteiger partial charge is 0.378 e. The second kappa shape index (κ2) is 9.43. The normalized spacial score (nSPS) is 11.7. The molecule has 0 spiro atoms. The molecule has 10 heteroatoms. The maximum absolute atomic E-state index is 13.2. The highest BCUT2D eigenvalue weighted by atomic mass is 16.6. The van der Waals surface area contributed by atoms with Crippen LogP contribution in [0.1, 0.15) is 42.4 Å². The van der Waals surface area contributed by atoms with Crippen LogP contribution >= 0.6 is 0 Å². The third-order valence-electron chi connectivity index (χ3n) is 4.97. The van der Waals surface area contributed by atoms with Crippen LogP contribution < -0.4 is 11.2 Å². The standard InChI is InChI=1S/C23H24N8O2/c1-14(2)13-16-9-11-17(12-10-16)15(3)25-27-23(32)20-19(18-7-5-4-6-8-18)26-30-31(20)22-21(24)28-33-29-22/h4-12,14H,13H2,1-3H3,(H2,24,28)(H,27,32). The Hall–Kier alpha value is -4.34. The third kappa shape index (κ3) is 4.79. The molecule has 1 amide bonds. The summed E-state index contributed by atoms with van der Waals surface area (Å²) in [7, 11) is 0. The minimum Gasteiger partial charge on any atom is -0.378 e. The molecule has 4 aromatic rings. The molecule has 2 heterocycles. The highest BCUT2D eigenvalue weighted by Gasteiger charge is 2.26. The Morgan fingerprint density at radius 1 is 1.12 bits per heavy atom. The number of carbonyl (C=O) groups excluding carboxylic acids is 1. The van der Waals surface area contributed by atoms with E-state index in [1.165, 1.54) is 10.2 Å². The van der Waals surface area contributed by atoms with Crippen molar-refractivity contribution >= 4 is 17.4 Å². The van der Waals surface area contributed by atoms with Gasteiger partial charge >= 0.3 is 0 Å². The first-order valence-electron chi connectivity index (χ1n) is 10.5. The molecular weight excluding hydrogens is 420 g/mol. The van der Waals surface area contributed by atoms with Crippen LogP contribution in [-0.2, 0) is 6.42 Å². The van der Waals surface area contributed by atoms with Gasteiger partial charge in [-0.25, -0.2) is 10.1 Å². The van der Waals surface area contributed by atoms with E-state index in [2.05, 4.69) is 61.8 Å². The van der Waals surface area contributed by atoms with E-state index in [0.29, 0.717) is 22.9 Å². The summed E-state index contributed by atoms with van der Waals surface area (Å²) < 4.78 is 5.86. The summed E-state index contributed by atoms with van der Waals surface area (Å²) in [4.78, 5) is 13.2. The molecule has 0 saturated carbocycles. The summed E-state index contributed by atoms with van der Waals surface area (Å²) in [6.07, 6.45) is 1.01. The molecule has 0 unspecified atom stereocenters. The van der Waals surface area contributed by atoms with Crippen molar-refractivity contribution in [2.24, 2.45) is 11.0 Å². The van der Waals surface area contributed by atoms with Gasteiger partial charge < -0.3 is 5.73 Å². The maximum Gasteiger partial charge on any atom is 0.292 e. The smallest absolute Gasteiger partial charge is 0.292 e. The molecule has 0 fully saturated rings. The van der Waals surface area contributed by atoms with Crippen LogP contribution in [0.5, 0.6) is 0 Å². The van der Waals surface area contributed by atoms with E-state index >= 15 is 0 Å². The first kappa shape index (κ1) is 21.9. The summed E-state index contributed by atoms with van der Waals surface area (Å²) >= 11 is 0. The Morgan fingerprint density at radius 3 is 2.48 bits per heavy atom. The summed E-state index contributed by atoms with van der Waals surface area (Å²) in [6.45, 7) is 6.19. The number of hydrazone groups is 1. The van der Waals surface area contributed by atoms with Gasteiger partial charge in [-0.15, -0.1) is 5.10 Å². The van der Waals surface area contributed by atoms with Crippen LogP contribution in [0, 0.1) is 5.92 Å². The Labute approximate surface area is 190 Å². The van der Waals surface area contributed by atoms with Crippen molar-refractivity contribution in [3.05, 3.63) is 71.4 Å². The van der Waals surface area contributed by atoms with E-state index in [0.717, 1.165) is 12.0 Å². The van der Waals surface area contributed by atoms with Crippen LogP contribution in [-0.4, -0.2) is 36.9 Å². The Bertz CT molecular complexity index is 1270. The lowest BCUT2D eigenvalue weighted by atomic mass is 10.0. The fraction of sp³-hybridized carbons (Fsp3) is 0.217.